The molecule has 7 nitrogen and oxygen atoms in total. The number of guanidine groups is 1. The summed E-state index contributed by atoms with van der Waals surface area (Å²) in [6, 6.07) is 6.59. The number of methoxy groups -OCH3 is 2. The highest BCUT2D eigenvalue weighted by Crippen LogP contribution is 2.27. The van der Waals surface area contributed by atoms with Crippen LogP contribution in [0.5, 0.6) is 11.5 Å². The highest BCUT2D eigenvalue weighted by molar-refractivity contribution is 5.80. The van der Waals surface area contributed by atoms with Gasteiger partial charge in [-0.2, -0.15) is 0 Å². The number of rotatable bonds is 8. The molecule has 1 aromatic carbocycles. The van der Waals surface area contributed by atoms with E-state index in [1.165, 1.54) is 45.1 Å². The molecule has 2 fully saturated rings. The van der Waals surface area contributed by atoms with Crippen molar-refractivity contribution in [2.75, 3.05) is 40.4 Å². The Bertz CT molecular complexity index is 684. The second-order valence-electron chi connectivity index (χ2n) is 8.65. The maximum absolute atomic E-state index is 10.7. The van der Waals surface area contributed by atoms with Gasteiger partial charge in [-0.1, -0.05) is 19.3 Å². The number of piperidine rings is 1. The first-order valence-electron chi connectivity index (χ1n) is 11.8. The van der Waals surface area contributed by atoms with Crippen molar-refractivity contribution >= 4 is 5.96 Å². The van der Waals surface area contributed by atoms with Crippen molar-refractivity contribution in [1.29, 1.82) is 0 Å². The molecule has 1 aromatic rings. The summed E-state index contributed by atoms with van der Waals surface area (Å²) in [5.41, 5.74) is 0.733. The van der Waals surface area contributed by atoms with E-state index in [1.54, 1.807) is 20.3 Å². The quantitative estimate of drug-likeness (QED) is 0.433. The predicted octanol–water partition coefficient (Wildman–Crippen LogP) is 3.09. The zero-order valence-corrected chi connectivity index (χ0v) is 19.4. The summed E-state index contributed by atoms with van der Waals surface area (Å²) < 4.78 is 10.6. The Morgan fingerprint density at radius 2 is 1.81 bits per heavy atom. The van der Waals surface area contributed by atoms with Gasteiger partial charge in [0.05, 0.1) is 26.9 Å². The molecular formula is C24H40N4O3. The lowest BCUT2D eigenvalue weighted by molar-refractivity contribution is 0.115. The lowest BCUT2D eigenvalue weighted by atomic mass is 9.92. The lowest BCUT2D eigenvalue weighted by Gasteiger charge is -2.40. The smallest absolute Gasteiger partial charge is 0.191 e. The van der Waals surface area contributed by atoms with Crippen LogP contribution in [0, 0.1) is 0 Å². The van der Waals surface area contributed by atoms with Crippen molar-refractivity contribution in [2.24, 2.45) is 4.99 Å². The van der Waals surface area contributed by atoms with Crippen LogP contribution >= 0.6 is 0 Å². The minimum atomic E-state index is -0.732. The number of nitrogens with zero attached hydrogens (tertiary/aromatic N) is 2. The van der Waals surface area contributed by atoms with Gasteiger partial charge in [0.2, 0.25) is 0 Å². The molecule has 1 aliphatic carbocycles. The van der Waals surface area contributed by atoms with Crippen LogP contribution in [0.15, 0.2) is 23.2 Å². The number of aliphatic hydroxyl groups excluding tert-OH is 1. The molecule has 1 heterocycles. The van der Waals surface area contributed by atoms with Gasteiger partial charge in [0.1, 0.15) is 11.5 Å². The molecule has 1 saturated carbocycles. The van der Waals surface area contributed by atoms with Crippen LogP contribution in [0.3, 0.4) is 0 Å². The Morgan fingerprint density at radius 3 is 2.45 bits per heavy atom. The van der Waals surface area contributed by atoms with E-state index in [4.69, 9.17) is 9.47 Å². The van der Waals surface area contributed by atoms with Crippen LogP contribution in [0.1, 0.15) is 63.5 Å². The number of hydrogen-bond acceptors (Lipinski definition) is 5. The van der Waals surface area contributed by atoms with Crippen LogP contribution < -0.4 is 20.1 Å². The van der Waals surface area contributed by atoms with Gasteiger partial charge >= 0.3 is 0 Å². The van der Waals surface area contributed by atoms with Gasteiger partial charge in [-0.05, 0) is 56.8 Å². The second kappa shape index (κ2) is 12.2. The Labute approximate surface area is 187 Å². The molecule has 1 saturated heterocycles. The van der Waals surface area contributed by atoms with Crippen molar-refractivity contribution in [3.05, 3.63) is 23.8 Å². The first-order chi connectivity index (χ1) is 15.1. The molecular weight excluding hydrogens is 392 g/mol. The number of aliphatic hydroxyl groups is 1. The number of ether oxygens (including phenoxy) is 2. The molecule has 2 aliphatic rings. The highest BCUT2D eigenvalue weighted by atomic mass is 16.5. The maximum Gasteiger partial charge on any atom is 0.191 e. The molecule has 3 rings (SSSR count). The van der Waals surface area contributed by atoms with E-state index < -0.39 is 6.10 Å². The van der Waals surface area contributed by atoms with Gasteiger partial charge in [-0.25, -0.2) is 0 Å². The maximum atomic E-state index is 10.7. The fourth-order valence-corrected chi connectivity index (χ4v) is 4.72. The Morgan fingerprint density at radius 1 is 1.10 bits per heavy atom. The molecule has 0 radical (unpaired) electrons. The Balaban J connectivity index is 1.60. The van der Waals surface area contributed by atoms with E-state index in [-0.39, 0.29) is 6.54 Å². The average Bonchev–Trinajstić information content (AvgIpc) is 2.82. The molecule has 3 N–H and O–H groups in total. The Kier molecular flexibility index (Phi) is 9.28. The molecule has 2 unspecified atom stereocenters. The monoisotopic (exact) mass is 432 g/mol. The summed E-state index contributed by atoms with van der Waals surface area (Å²) in [5.74, 6) is 2.09. The number of hydrogen-bond donors (Lipinski definition) is 3. The first kappa shape index (κ1) is 23.7. The molecule has 0 amide bonds. The first-order valence-corrected chi connectivity index (χ1v) is 11.8. The largest absolute Gasteiger partial charge is 0.497 e. The molecule has 7 heteroatoms. The van der Waals surface area contributed by atoms with Crippen molar-refractivity contribution in [3.8, 4) is 11.5 Å². The SMILES string of the molecule is CCNC(=NCC(O)c1cc(OC)cc(OC)c1)NC1CCCN(C2CCCCC2)C1. The average molecular weight is 433 g/mol. The minimum absolute atomic E-state index is 0.269. The number of aliphatic imine (C=N–C) groups is 1. The molecule has 31 heavy (non-hydrogen) atoms. The molecule has 174 valence electrons. The van der Waals surface area contributed by atoms with E-state index in [0.717, 1.165) is 37.1 Å². The third-order valence-corrected chi connectivity index (χ3v) is 6.41. The molecule has 1 aliphatic heterocycles. The zero-order valence-electron chi connectivity index (χ0n) is 19.4. The van der Waals surface area contributed by atoms with Gasteiger partial charge in [-0.3, -0.25) is 9.89 Å². The van der Waals surface area contributed by atoms with Crippen molar-refractivity contribution in [3.63, 3.8) is 0 Å². The highest BCUT2D eigenvalue weighted by Gasteiger charge is 2.27. The summed E-state index contributed by atoms with van der Waals surface area (Å²) in [6.07, 6.45) is 8.47. The fourth-order valence-electron chi connectivity index (χ4n) is 4.72. The van der Waals surface area contributed by atoms with Crippen LogP contribution in [0.25, 0.3) is 0 Å². The Hall–Kier alpha value is -1.99. The molecule has 0 bridgehead atoms. The van der Waals surface area contributed by atoms with Gasteiger partial charge < -0.3 is 25.2 Å². The van der Waals surface area contributed by atoms with E-state index in [2.05, 4.69) is 27.4 Å². The summed E-state index contributed by atoms with van der Waals surface area (Å²) in [6.45, 7) is 5.41. The fraction of sp³-hybridized carbons (Fsp3) is 0.708. The third kappa shape index (κ3) is 7.01. The molecule has 2 atom stereocenters. The topological polar surface area (TPSA) is 78.4 Å². The van der Waals surface area contributed by atoms with E-state index in [9.17, 15) is 5.11 Å². The standard InChI is InChI=1S/C24H40N4O3/c1-4-25-24(26-16-23(29)18-13-21(30-2)15-22(14-18)31-3)27-19-9-8-12-28(17-19)20-10-6-5-7-11-20/h13-15,19-20,23,29H,4-12,16-17H2,1-3H3,(H2,25,26,27). The van der Waals surface area contributed by atoms with Gasteiger partial charge in [0.15, 0.2) is 5.96 Å². The van der Waals surface area contributed by atoms with E-state index in [0.29, 0.717) is 17.5 Å². The zero-order chi connectivity index (χ0) is 22.1. The normalized spacial score (nSPS) is 22.1. The molecule has 0 spiro atoms. The summed E-state index contributed by atoms with van der Waals surface area (Å²) in [7, 11) is 3.22. The molecule has 0 aromatic heterocycles. The van der Waals surface area contributed by atoms with Gasteiger partial charge in [0, 0.05) is 31.2 Å². The van der Waals surface area contributed by atoms with Crippen LogP contribution in [-0.4, -0.2) is 68.4 Å². The number of likely N-dealkylation sites (tertiary alicyclic amines) is 1. The van der Waals surface area contributed by atoms with E-state index in [1.807, 2.05) is 12.1 Å². The second-order valence-corrected chi connectivity index (χ2v) is 8.65. The van der Waals surface area contributed by atoms with Crippen LogP contribution in [0.2, 0.25) is 0 Å². The third-order valence-electron chi connectivity index (χ3n) is 6.41. The number of nitrogens with one attached hydrogen (secondary N) is 2. The van der Waals surface area contributed by atoms with E-state index >= 15 is 0 Å². The predicted molar refractivity (Wildman–Crippen MR) is 125 cm³/mol. The summed E-state index contributed by atoms with van der Waals surface area (Å²) >= 11 is 0. The van der Waals surface area contributed by atoms with Crippen molar-refractivity contribution < 1.29 is 14.6 Å². The van der Waals surface area contributed by atoms with Crippen LogP contribution in [0.4, 0.5) is 0 Å². The lowest BCUT2D eigenvalue weighted by Crippen LogP contribution is -2.53. The van der Waals surface area contributed by atoms with Crippen molar-refractivity contribution in [1.82, 2.24) is 15.5 Å². The summed E-state index contributed by atoms with van der Waals surface area (Å²) in [5, 5.41) is 17.7. The van der Waals surface area contributed by atoms with Crippen LogP contribution in [-0.2, 0) is 0 Å². The summed E-state index contributed by atoms with van der Waals surface area (Å²) in [4.78, 5) is 7.36. The number of benzene rings is 1. The minimum Gasteiger partial charge on any atom is -0.497 e. The van der Waals surface area contributed by atoms with Crippen molar-refractivity contribution in [2.45, 2.75) is 70.1 Å². The van der Waals surface area contributed by atoms with Gasteiger partial charge in [-0.15, -0.1) is 0 Å². The van der Waals surface area contributed by atoms with Gasteiger partial charge in [0.25, 0.3) is 0 Å².